The second kappa shape index (κ2) is 10.2. The van der Waals surface area contributed by atoms with E-state index in [-0.39, 0.29) is 30.6 Å². The van der Waals surface area contributed by atoms with Crippen molar-refractivity contribution in [3.8, 4) is 0 Å². The highest BCUT2D eigenvalue weighted by atomic mass is 35.5. The maximum atomic E-state index is 13.4. The number of piperazine rings is 1. The zero-order valence-electron chi connectivity index (χ0n) is 11.6. The number of halogens is 3. The molecule has 1 atom stereocenters. The largest absolute Gasteiger partial charge is 0.314 e. The van der Waals surface area contributed by atoms with Gasteiger partial charge < -0.3 is 5.32 Å². The fourth-order valence-electron chi connectivity index (χ4n) is 2.54. The summed E-state index contributed by atoms with van der Waals surface area (Å²) in [6, 6.07) is 7.30. The molecule has 0 saturated carbocycles. The summed E-state index contributed by atoms with van der Waals surface area (Å²) in [6.45, 7) is 7.86. The molecule has 0 radical (unpaired) electrons. The molecule has 20 heavy (non-hydrogen) atoms. The second-order valence-electron chi connectivity index (χ2n) is 4.72. The van der Waals surface area contributed by atoms with Gasteiger partial charge in [-0.2, -0.15) is 0 Å². The molecule has 1 aliphatic heterocycles. The average Bonchev–Trinajstić information content (AvgIpc) is 2.40. The molecule has 1 fully saturated rings. The van der Waals surface area contributed by atoms with Crippen LogP contribution in [-0.2, 0) is 0 Å². The third-order valence-corrected chi connectivity index (χ3v) is 3.47. The quantitative estimate of drug-likeness (QED) is 0.834. The molecule has 1 aromatic carbocycles. The van der Waals surface area contributed by atoms with E-state index in [2.05, 4.69) is 16.8 Å². The van der Waals surface area contributed by atoms with Crippen LogP contribution in [0, 0.1) is 5.82 Å². The Kier molecular flexibility index (Phi) is 9.86. The highest BCUT2D eigenvalue weighted by Crippen LogP contribution is 2.26. The van der Waals surface area contributed by atoms with Gasteiger partial charge in [0, 0.05) is 32.2 Å². The van der Waals surface area contributed by atoms with E-state index in [1.807, 2.05) is 12.1 Å². The summed E-state index contributed by atoms with van der Waals surface area (Å²) < 4.78 is 13.4. The van der Waals surface area contributed by atoms with Gasteiger partial charge in [0.05, 0.1) is 0 Å². The molecular weight excluding hydrogens is 298 g/mol. The number of allylic oxidation sites excluding steroid dienone is 1. The van der Waals surface area contributed by atoms with E-state index in [0.29, 0.717) is 6.04 Å². The number of hydrogen-bond acceptors (Lipinski definition) is 2. The molecule has 0 aliphatic carbocycles. The maximum absolute atomic E-state index is 13.4. The summed E-state index contributed by atoms with van der Waals surface area (Å²) in [5, 5.41) is 3.35. The Morgan fingerprint density at radius 2 is 2.00 bits per heavy atom. The van der Waals surface area contributed by atoms with E-state index in [1.165, 1.54) is 6.07 Å². The normalized spacial score (nSPS) is 16.6. The van der Waals surface area contributed by atoms with E-state index >= 15 is 0 Å². The minimum absolute atomic E-state index is 0. The van der Waals surface area contributed by atoms with Crippen molar-refractivity contribution in [2.75, 3.05) is 26.2 Å². The highest BCUT2D eigenvalue weighted by Gasteiger charge is 2.21. The monoisotopic (exact) mass is 320 g/mol. The summed E-state index contributed by atoms with van der Waals surface area (Å²) in [4.78, 5) is 2.44. The molecule has 114 valence electrons. The zero-order chi connectivity index (χ0) is 12.8. The molecule has 1 aromatic rings. The summed E-state index contributed by atoms with van der Waals surface area (Å²) in [5.74, 6) is -0.147. The molecule has 5 heteroatoms. The summed E-state index contributed by atoms with van der Waals surface area (Å²) in [7, 11) is 0. The Hall–Kier alpha value is -0.610. The summed E-state index contributed by atoms with van der Waals surface area (Å²) in [6.07, 6.45) is 3.91. The van der Waals surface area contributed by atoms with E-state index in [1.54, 1.807) is 12.1 Å². The molecule has 1 N–H and O–H groups in total. The Morgan fingerprint density at radius 3 is 2.60 bits per heavy atom. The van der Waals surface area contributed by atoms with Crippen LogP contribution < -0.4 is 5.32 Å². The van der Waals surface area contributed by atoms with Crippen molar-refractivity contribution in [2.45, 2.75) is 18.9 Å². The van der Waals surface area contributed by atoms with Crippen LogP contribution in [0.5, 0.6) is 0 Å². The Bertz CT molecular complexity index is 395. The average molecular weight is 321 g/mol. The van der Waals surface area contributed by atoms with Gasteiger partial charge in [0.2, 0.25) is 0 Å². The lowest BCUT2D eigenvalue weighted by atomic mass is 9.99. The molecule has 0 aromatic heterocycles. The Morgan fingerprint density at radius 1 is 1.30 bits per heavy atom. The van der Waals surface area contributed by atoms with Gasteiger partial charge in [-0.05, 0) is 30.5 Å². The zero-order valence-corrected chi connectivity index (χ0v) is 13.2. The lowest BCUT2D eigenvalue weighted by Crippen LogP contribution is -2.45. The first-order chi connectivity index (χ1) is 8.81. The van der Waals surface area contributed by atoms with Crippen molar-refractivity contribution in [2.24, 2.45) is 0 Å². The third kappa shape index (κ3) is 5.41. The molecular formula is C15H23Cl2FN2. The first kappa shape index (κ1) is 19.4. The van der Waals surface area contributed by atoms with Crippen LogP contribution in [0.25, 0.3) is 0 Å². The number of hydrogen-bond donors (Lipinski definition) is 1. The highest BCUT2D eigenvalue weighted by molar-refractivity contribution is 5.85. The van der Waals surface area contributed by atoms with Crippen molar-refractivity contribution in [1.82, 2.24) is 10.2 Å². The van der Waals surface area contributed by atoms with Crippen LogP contribution >= 0.6 is 24.8 Å². The molecule has 0 spiro atoms. The molecule has 1 heterocycles. The van der Waals surface area contributed by atoms with Gasteiger partial charge >= 0.3 is 0 Å². The van der Waals surface area contributed by atoms with E-state index in [9.17, 15) is 4.39 Å². The predicted octanol–water partition coefficient (Wildman–Crippen LogP) is 3.58. The Balaban J connectivity index is 0.00000180. The van der Waals surface area contributed by atoms with Crippen molar-refractivity contribution >= 4 is 24.8 Å². The molecule has 1 aliphatic rings. The minimum Gasteiger partial charge on any atom is -0.314 e. The second-order valence-corrected chi connectivity index (χ2v) is 4.72. The fourth-order valence-corrected chi connectivity index (χ4v) is 2.54. The van der Waals surface area contributed by atoms with E-state index < -0.39 is 0 Å². The fraction of sp³-hybridized carbons (Fsp3) is 0.467. The van der Waals surface area contributed by atoms with Gasteiger partial charge in [-0.3, -0.25) is 4.90 Å². The number of benzene rings is 1. The van der Waals surface area contributed by atoms with Gasteiger partial charge in [-0.1, -0.05) is 18.2 Å². The number of nitrogens with one attached hydrogen (secondary N) is 1. The first-order valence-electron chi connectivity index (χ1n) is 6.62. The van der Waals surface area contributed by atoms with Gasteiger partial charge in [0.25, 0.3) is 0 Å². The summed E-state index contributed by atoms with van der Waals surface area (Å²) in [5.41, 5.74) is 1.08. The molecule has 0 amide bonds. The van der Waals surface area contributed by atoms with E-state index in [4.69, 9.17) is 0 Å². The van der Waals surface area contributed by atoms with Crippen LogP contribution in [0.1, 0.15) is 24.4 Å². The molecule has 0 bridgehead atoms. The van der Waals surface area contributed by atoms with Crippen LogP contribution in [0.15, 0.2) is 36.9 Å². The third-order valence-electron chi connectivity index (χ3n) is 3.47. The molecule has 0 unspecified atom stereocenters. The van der Waals surface area contributed by atoms with Crippen LogP contribution in [0.2, 0.25) is 0 Å². The molecule has 2 nitrogen and oxygen atoms in total. The predicted molar refractivity (Wildman–Crippen MR) is 87.5 cm³/mol. The van der Waals surface area contributed by atoms with Crippen LogP contribution in [0.3, 0.4) is 0 Å². The smallest absolute Gasteiger partial charge is 0.123 e. The van der Waals surface area contributed by atoms with Gasteiger partial charge in [-0.15, -0.1) is 31.4 Å². The SMILES string of the molecule is C=CCC[C@@H](c1cccc(F)c1)N1CCNCC1.Cl.Cl. The lowest BCUT2D eigenvalue weighted by molar-refractivity contribution is 0.166. The van der Waals surface area contributed by atoms with Crippen molar-refractivity contribution < 1.29 is 4.39 Å². The van der Waals surface area contributed by atoms with Gasteiger partial charge in [0.15, 0.2) is 0 Å². The molecule has 1 saturated heterocycles. The van der Waals surface area contributed by atoms with Crippen molar-refractivity contribution in [1.29, 1.82) is 0 Å². The number of rotatable bonds is 5. The molecule has 2 rings (SSSR count). The Labute approximate surface area is 133 Å². The van der Waals surface area contributed by atoms with E-state index in [0.717, 1.165) is 44.6 Å². The van der Waals surface area contributed by atoms with Crippen molar-refractivity contribution in [3.63, 3.8) is 0 Å². The first-order valence-corrected chi connectivity index (χ1v) is 6.62. The maximum Gasteiger partial charge on any atom is 0.123 e. The van der Waals surface area contributed by atoms with Crippen LogP contribution in [0.4, 0.5) is 4.39 Å². The standard InChI is InChI=1S/C15H21FN2.2ClH/c1-2-3-7-15(18-10-8-17-9-11-18)13-5-4-6-14(16)12-13;;/h2,4-6,12,15,17H,1,3,7-11H2;2*1H/t15-;;/m0../s1. The van der Waals surface area contributed by atoms with Crippen LogP contribution in [-0.4, -0.2) is 31.1 Å². The lowest BCUT2D eigenvalue weighted by Gasteiger charge is -2.35. The van der Waals surface area contributed by atoms with Crippen molar-refractivity contribution in [3.05, 3.63) is 48.3 Å². The summed E-state index contributed by atoms with van der Waals surface area (Å²) >= 11 is 0. The van der Waals surface area contributed by atoms with Gasteiger partial charge in [0.1, 0.15) is 5.82 Å². The van der Waals surface area contributed by atoms with Gasteiger partial charge in [-0.25, -0.2) is 4.39 Å². The number of nitrogens with zero attached hydrogens (tertiary/aromatic N) is 1. The minimum atomic E-state index is -0.147. The topological polar surface area (TPSA) is 15.3 Å².